The van der Waals surface area contributed by atoms with Crippen LogP contribution in [0.3, 0.4) is 0 Å². The second-order valence-corrected chi connectivity index (χ2v) is 9.66. The summed E-state index contributed by atoms with van der Waals surface area (Å²) in [4.78, 5) is 4.62. The number of fused-ring (bicyclic) bond motifs is 1. The van der Waals surface area contributed by atoms with Gasteiger partial charge in [-0.25, -0.2) is 0 Å². The summed E-state index contributed by atoms with van der Waals surface area (Å²) in [5.74, 6) is 2.08. The molecule has 0 aliphatic heterocycles. The van der Waals surface area contributed by atoms with E-state index in [2.05, 4.69) is 27.6 Å². The number of ether oxygens (including phenoxy) is 1. The highest BCUT2D eigenvalue weighted by Crippen LogP contribution is 2.37. The van der Waals surface area contributed by atoms with Crippen LogP contribution in [0.15, 0.2) is 40.9 Å². The molecule has 4 rings (SSSR count). The van der Waals surface area contributed by atoms with Crippen molar-refractivity contribution in [3.8, 4) is 34.7 Å². The van der Waals surface area contributed by atoms with E-state index in [1.54, 1.807) is 18.4 Å². The molecule has 0 saturated heterocycles. The van der Waals surface area contributed by atoms with Crippen molar-refractivity contribution < 1.29 is 13.5 Å². The summed E-state index contributed by atoms with van der Waals surface area (Å²) in [6, 6.07) is 13.9. The Labute approximate surface area is 190 Å². The molecule has 0 radical (unpaired) electrons. The summed E-state index contributed by atoms with van der Waals surface area (Å²) in [7, 11) is -0.803. The summed E-state index contributed by atoms with van der Waals surface area (Å²) in [6.07, 6.45) is 3.60. The number of nitrogens with one attached hydrogen (secondary N) is 1. The van der Waals surface area contributed by atoms with Crippen molar-refractivity contribution in [3.05, 3.63) is 53.1 Å². The summed E-state index contributed by atoms with van der Waals surface area (Å²) in [6.45, 7) is 4.56. The molecule has 1 aromatic heterocycles. The summed E-state index contributed by atoms with van der Waals surface area (Å²) < 4.78 is 22.6. The number of hydrogen-bond acceptors (Lipinski definition) is 7. The van der Waals surface area contributed by atoms with Crippen LogP contribution in [-0.2, 0) is 17.2 Å². The van der Waals surface area contributed by atoms with Gasteiger partial charge >= 0.3 is 0 Å². The first kappa shape index (κ1) is 22.2. The van der Waals surface area contributed by atoms with Crippen LogP contribution >= 0.6 is 0 Å². The quantitative estimate of drug-likeness (QED) is 0.553. The van der Waals surface area contributed by atoms with Gasteiger partial charge in [0.25, 0.3) is 5.89 Å². The Kier molecular flexibility index (Phi) is 6.68. The summed E-state index contributed by atoms with van der Waals surface area (Å²) in [5.41, 5.74) is 4.52. The topological polar surface area (TPSA) is 101 Å². The Morgan fingerprint density at radius 3 is 2.94 bits per heavy atom. The predicted molar refractivity (Wildman–Crippen MR) is 124 cm³/mol. The fourth-order valence-electron chi connectivity index (χ4n) is 4.01. The molecule has 0 bridgehead atoms. The smallest absolute Gasteiger partial charge is 0.258 e. The highest BCUT2D eigenvalue weighted by molar-refractivity contribution is 7.84. The molecule has 1 aliphatic carbocycles. The van der Waals surface area contributed by atoms with Crippen LogP contribution in [-0.4, -0.2) is 39.0 Å². The van der Waals surface area contributed by atoms with Crippen LogP contribution in [0.25, 0.3) is 22.8 Å². The van der Waals surface area contributed by atoms with Gasteiger partial charge in [0.15, 0.2) is 0 Å². The van der Waals surface area contributed by atoms with Crippen molar-refractivity contribution in [1.82, 2.24) is 15.5 Å². The molecule has 1 aliphatic rings. The molecule has 2 atom stereocenters. The molecule has 1 heterocycles. The average Bonchev–Trinajstić information content (AvgIpc) is 3.41. The second-order valence-electron chi connectivity index (χ2n) is 8.11. The molecule has 0 saturated carbocycles. The molecule has 166 valence electrons. The van der Waals surface area contributed by atoms with Gasteiger partial charge in [-0.3, -0.25) is 4.21 Å². The first-order valence-corrected chi connectivity index (χ1v) is 12.4. The first-order valence-electron chi connectivity index (χ1n) is 10.7. The maximum atomic E-state index is 11.3. The van der Waals surface area contributed by atoms with Crippen LogP contribution in [0.2, 0.25) is 0 Å². The van der Waals surface area contributed by atoms with Gasteiger partial charge < -0.3 is 14.6 Å². The zero-order chi connectivity index (χ0) is 22.7. The minimum Gasteiger partial charge on any atom is -0.490 e. The average molecular weight is 451 g/mol. The molecule has 7 nitrogen and oxygen atoms in total. The number of aromatic nitrogens is 2. The third-order valence-corrected chi connectivity index (χ3v) is 6.21. The van der Waals surface area contributed by atoms with Crippen molar-refractivity contribution in [1.29, 1.82) is 5.26 Å². The van der Waals surface area contributed by atoms with Crippen molar-refractivity contribution in [3.63, 3.8) is 0 Å². The van der Waals surface area contributed by atoms with Crippen molar-refractivity contribution in [2.75, 3.05) is 18.6 Å². The lowest BCUT2D eigenvalue weighted by Gasteiger charge is -2.14. The third-order valence-electron chi connectivity index (χ3n) is 5.43. The van der Waals surface area contributed by atoms with Crippen molar-refractivity contribution in [2.45, 2.75) is 38.8 Å². The van der Waals surface area contributed by atoms with Crippen LogP contribution in [0.1, 0.15) is 43.0 Å². The number of benzene rings is 2. The van der Waals surface area contributed by atoms with Crippen LogP contribution in [0.4, 0.5) is 0 Å². The number of nitriles is 1. The molecule has 0 amide bonds. The Bertz CT molecular complexity index is 1180. The molecule has 0 fully saturated rings. The maximum Gasteiger partial charge on any atom is 0.258 e. The molecule has 1 unspecified atom stereocenters. The van der Waals surface area contributed by atoms with E-state index in [4.69, 9.17) is 9.26 Å². The molecule has 1 N–H and O–H groups in total. The van der Waals surface area contributed by atoms with E-state index in [9.17, 15) is 9.47 Å². The number of hydrogen-bond donors (Lipinski definition) is 1. The van der Waals surface area contributed by atoms with Gasteiger partial charge in [0, 0.05) is 46.5 Å². The van der Waals surface area contributed by atoms with Crippen LogP contribution < -0.4 is 10.1 Å². The maximum absolute atomic E-state index is 11.3. The normalized spacial score (nSPS) is 16.0. The SMILES string of the molecule is CC(C)Oc1ccc(-c2nc(-c3cccc4c3CC[C@@H]4NCCS(C)=O)no2)cc1C#N. The van der Waals surface area contributed by atoms with Gasteiger partial charge in [0.05, 0.1) is 11.7 Å². The van der Waals surface area contributed by atoms with E-state index in [1.165, 1.54) is 11.1 Å². The van der Waals surface area contributed by atoms with E-state index < -0.39 is 10.8 Å². The first-order chi connectivity index (χ1) is 15.5. The highest BCUT2D eigenvalue weighted by Gasteiger charge is 2.26. The van der Waals surface area contributed by atoms with Crippen LogP contribution in [0.5, 0.6) is 5.75 Å². The predicted octanol–water partition coefficient (Wildman–Crippen LogP) is 4.02. The largest absolute Gasteiger partial charge is 0.490 e. The molecule has 0 spiro atoms. The zero-order valence-electron chi connectivity index (χ0n) is 18.4. The molecular weight excluding hydrogens is 424 g/mol. The van der Waals surface area contributed by atoms with E-state index in [0.29, 0.717) is 34.3 Å². The molecule has 32 heavy (non-hydrogen) atoms. The van der Waals surface area contributed by atoms with E-state index in [1.807, 2.05) is 32.0 Å². The van der Waals surface area contributed by atoms with Crippen molar-refractivity contribution in [2.24, 2.45) is 0 Å². The fraction of sp³-hybridized carbons (Fsp3) is 0.375. The molecule has 2 aromatic carbocycles. The molecule has 8 heteroatoms. The van der Waals surface area contributed by atoms with E-state index in [0.717, 1.165) is 24.9 Å². The van der Waals surface area contributed by atoms with E-state index in [-0.39, 0.29) is 12.1 Å². The zero-order valence-corrected chi connectivity index (χ0v) is 19.2. The van der Waals surface area contributed by atoms with Crippen molar-refractivity contribution >= 4 is 10.8 Å². The lowest BCUT2D eigenvalue weighted by Crippen LogP contribution is -2.24. The van der Waals surface area contributed by atoms with Gasteiger partial charge in [-0.15, -0.1) is 0 Å². The third kappa shape index (κ3) is 4.74. The monoisotopic (exact) mass is 450 g/mol. The lowest BCUT2D eigenvalue weighted by atomic mass is 10.0. The minimum atomic E-state index is -0.803. The molecule has 3 aromatic rings. The molecular formula is C24H26N4O3S. The van der Waals surface area contributed by atoms with Gasteiger partial charge in [-0.1, -0.05) is 23.4 Å². The Hall–Kier alpha value is -3.02. The summed E-state index contributed by atoms with van der Waals surface area (Å²) in [5, 5.41) is 17.2. The summed E-state index contributed by atoms with van der Waals surface area (Å²) >= 11 is 0. The lowest BCUT2D eigenvalue weighted by molar-refractivity contribution is 0.241. The van der Waals surface area contributed by atoms with Gasteiger partial charge in [-0.2, -0.15) is 10.2 Å². The second kappa shape index (κ2) is 9.63. The Morgan fingerprint density at radius 2 is 2.19 bits per heavy atom. The minimum absolute atomic E-state index is 0.0226. The van der Waals surface area contributed by atoms with Crippen LogP contribution in [0, 0.1) is 11.3 Å². The van der Waals surface area contributed by atoms with Gasteiger partial charge in [0.2, 0.25) is 5.82 Å². The fourth-order valence-corrected chi connectivity index (χ4v) is 4.42. The van der Waals surface area contributed by atoms with Gasteiger partial charge in [-0.05, 0) is 56.0 Å². The van der Waals surface area contributed by atoms with E-state index >= 15 is 0 Å². The Balaban J connectivity index is 1.58. The highest BCUT2D eigenvalue weighted by atomic mass is 32.2. The Morgan fingerprint density at radius 1 is 1.34 bits per heavy atom. The number of rotatable bonds is 8. The van der Waals surface area contributed by atoms with Gasteiger partial charge in [0.1, 0.15) is 11.8 Å². The standard InChI is InChI=1S/C24H26N4O3S/c1-15(2)30-22-10-7-16(13-17(22)14-25)24-27-23(28-31-24)20-6-4-5-19-18(20)8-9-21(19)26-11-12-32(3)29/h4-7,10,13,15,21,26H,8-9,11-12H2,1-3H3/t21-,32?/m0/s1. The number of nitrogens with zero attached hydrogens (tertiary/aromatic N) is 3.